The Morgan fingerprint density at radius 1 is 1.32 bits per heavy atom. The van der Waals surface area contributed by atoms with E-state index in [1.807, 2.05) is 36.7 Å². The molecule has 2 unspecified atom stereocenters. The highest BCUT2D eigenvalue weighted by molar-refractivity contribution is 5.40. The molecule has 98 valence electrons. The Kier molecular flexibility index (Phi) is 3.22. The lowest BCUT2D eigenvalue weighted by Gasteiger charge is -2.31. The molecule has 0 radical (unpaired) electrons. The summed E-state index contributed by atoms with van der Waals surface area (Å²) in [5.41, 5.74) is 10.0. The van der Waals surface area contributed by atoms with E-state index in [1.54, 1.807) is 0 Å². The topological polar surface area (TPSA) is 48.1 Å². The Morgan fingerprint density at radius 2 is 2.16 bits per heavy atom. The van der Waals surface area contributed by atoms with Crippen molar-refractivity contribution in [3.63, 3.8) is 0 Å². The van der Waals surface area contributed by atoms with Crippen molar-refractivity contribution in [3.05, 3.63) is 59.4 Å². The van der Waals surface area contributed by atoms with Crippen LogP contribution in [0, 0.1) is 6.92 Å². The Hall–Kier alpha value is -1.87. The van der Waals surface area contributed by atoms with Gasteiger partial charge < -0.3 is 10.5 Å². The van der Waals surface area contributed by atoms with E-state index in [2.05, 4.69) is 18.0 Å². The number of nitrogens with zero attached hydrogens (tertiary/aromatic N) is 1. The summed E-state index contributed by atoms with van der Waals surface area (Å²) in [4.78, 5) is 4.21. The van der Waals surface area contributed by atoms with Crippen LogP contribution in [0.4, 0.5) is 0 Å². The summed E-state index contributed by atoms with van der Waals surface area (Å²) in [5, 5.41) is 0. The molecule has 1 aromatic heterocycles. The monoisotopic (exact) mass is 254 g/mol. The van der Waals surface area contributed by atoms with Crippen LogP contribution in [-0.2, 0) is 0 Å². The first-order valence-corrected chi connectivity index (χ1v) is 6.65. The molecule has 3 heteroatoms. The molecule has 3 rings (SSSR count). The zero-order valence-corrected chi connectivity index (χ0v) is 11.0. The molecule has 2 N–H and O–H groups in total. The van der Waals surface area contributed by atoms with Gasteiger partial charge in [0.25, 0.3) is 0 Å². The van der Waals surface area contributed by atoms with E-state index in [-0.39, 0.29) is 6.04 Å². The Labute approximate surface area is 113 Å². The van der Waals surface area contributed by atoms with Crippen molar-refractivity contribution in [2.75, 3.05) is 6.61 Å². The first-order valence-electron chi connectivity index (χ1n) is 6.65. The van der Waals surface area contributed by atoms with Crippen LogP contribution in [0.3, 0.4) is 0 Å². The van der Waals surface area contributed by atoms with Crippen LogP contribution in [0.1, 0.15) is 35.1 Å². The summed E-state index contributed by atoms with van der Waals surface area (Å²) in [6, 6.07) is 10.2. The maximum absolute atomic E-state index is 6.49. The first kappa shape index (κ1) is 12.2. The SMILES string of the molecule is Cc1ccncc1C(N)C1CCOc2ccccc21. The number of rotatable bonds is 2. The van der Waals surface area contributed by atoms with Crippen molar-refractivity contribution in [3.8, 4) is 5.75 Å². The molecular formula is C16H18N2O. The van der Waals surface area contributed by atoms with E-state index in [9.17, 15) is 0 Å². The highest BCUT2D eigenvalue weighted by Gasteiger charge is 2.28. The second-order valence-corrected chi connectivity index (χ2v) is 5.04. The van der Waals surface area contributed by atoms with E-state index < -0.39 is 0 Å². The lowest BCUT2D eigenvalue weighted by Crippen LogP contribution is -2.26. The quantitative estimate of drug-likeness (QED) is 0.896. The Balaban J connectivity index is 1.98. The molecule has 0 spiro atoms. The molecule has 0 fully saturated rings. The van der Waals surface area contributed by atoms with Crippen LogP contribution in [0.5, 0.6) is 5.75 Å². The average Bonchev–Trinajstić information content (AvgIpc) is 2.46. The van der Waals surface area contributed by atoms with Gasteiger partial charge in [0.1, 0.15) is 5.75 Å². The van der Waals surface area contributed by atoms with Gasteiger partial charge in [-0.1, -0.05) is 18.2 Å². The van der Waals surface area contributed by atoms with Crippen LogP contribution in [0.2, 0.25) is 0 Å². The fourth-order valence-electron chi connectivity index (χ4n) is 2.78. The molecule has 0 bridgehead atoms. The molecule has 2 atom stereocenters. The molecule has 2 heterocycles. The number of hydrogen-bond acceptors (Lipinski definition) is 3. The van der Waals surface area contributed by atoms with Crippen molar-refractivity contribution in [1.82, 2.24) is 4.98 Å². The molecule has 19 heavy (non-hydrogen) atoms. The lowest BCUT2D eigenvalue weighted by molar-refractivity contribution is 0.255. The zero-order valence-electron chi connectivity index (χ0n) is 11.0. The summed E-state index contributed by atoms with van der Waals surface area (Å²) in [5.74, 6) is 1.27. The number of fused-ring (bicyclic) bond motifs is 1. The van der Waals surface area contributed by atoms with Crippen molar-refractivity contribution in [1.29, 1.82) is 0 Å². The van der Waals surface area contributed by atoms with Gasteiger partial charge in [-0.25, -0.2) is 0 Å². The maximum Gasteiger partial charge on any atom is 0.122 e. The summed E-state index contributed by atoms with van der Waals surface area (Å²) in [7, 11) is 0. The number of nitrogens with two attached hydrogens (primary N) is 1. The number of ether oxygens (including phenoxy) is 1. The second-order valence-electron chi connectivity index (χ2n) is 5.04. The predicted octanol–water partition coefficient (Wildman–Crippen LogP) is 2.96. The van der Waals surface area contributed by atoms with Crippen molar-refractivity contribution >= 4 is 0 Å². The molecule has 1 aliphatic heterocycles. The van der Waals surface area contributed by atoms with Gasteiger partial charge >= 0.3 is 0 Å². The summed E-state index contributed by atoms with van der Waals surface area (Å²) in [6.07, 6.45) is 4.65. The van der Waals surface area contributed by atoms with E-state index in [1.165, 1.54) is 11.1 Å². The number of para-hydroxylation sites is 1. The average molecular weight is 254 g/mol. The van der Waals surface area contributed by atoms with Crippen LogP contribution in [0.25, 0.3) is 0 Å². The zero-order chi connectivity index (χ0) is 13.2. The molecular weight excluding hydrogens is 236 g/mol. The van der Waals surface area contributed by atoms with Crippen LogP contribution in [-0.4, -0.2) is 11.6 Å². The van der Waals surface area contributed by atoms with Gasteiger partial charge in [0.05, 0.1) is 6.61 Å². The van der Waals surface area contributed by atoms with Crippen LogP contribution in [0.15, 0.2) is 42.7 Å². The fourth-order valence-corrected chi connectivity index (χ4v) is 2.78. The second kappa shape index (κ2) is 5.02. The summed E-state index contributed by atoms with van der Waals surface area (Å²) in [6.45, 7) is 2.82. The Morgan fingerprint density at radius 3 is 3.00 bits per heavy atom. The van der Waals surface area contributed by atoms with Gasteiger partial charge in [-0.3, -0.25) is 4.98 Å². The number of aryl methyl sites for hydroxylation is 1. The smallest absolute Gasteiger partial charge is 0.122 e. The highest BCUT2D eigenvalue weighted by Crippen LogP contribution is 2.40. The molecule has 3 nitrogen and oxygen atoms in total. The molecule has 1 aromatic carbocycles. The molecule has 0 aliphatic carbocycles. The summed E-state index contributed by atoms with van der Waals surface area (Å²) < 4.78 is 5.70. The number of aromatic nitrogens is 1. The third-order valence-corrected chi connectivity index (χ3v) is 3.88. The van der Waals surface area contributed by atoms with Gasteiger partial charge in [-0.15, -0.1) is 0 Å². The predicted molar refractivity (Wildman–Crippen MR) is 75.2 cm³/mol. The van der Waals surface area contributed by atoms with Gasteiger partial charge in [-0.2, -0.15) is 0 Å². The van der Waals surface area contributed by atoms with Crippen molar-refractivity contribution < 1.29 is 4.74 Å². The minimum absolute atomic E-state index is 0.0289. The van der Waals surface area contributed by atoms with Crippen molar-refractivity contribution in [2.45, 2.75) is 25.3 Å². The third-order valence-electron chi connectivity index (χ3n) is 3.88. The first-order chi connectivity index (χ1) is 9.27. The van der Waals surface area contributed by atoms with Crippen LogP contribution < -0.4 is 10.5 Å². The number of hydrogen-bond donors (Lipinski definition) is 1. The maximum atomic E-state index is 6.49. The normalized spacial score (nSPS) is 19.4. The molecule has 1 aliphatic rings. The minimum atomic E-state index is -0.0289. The van der Waals surface area contributed by atoms with E-state index >= 15 is 0 Å². The molecule has 0 saturated carbocycles. The van der Waals surface area contributed by atoms with Gasteiger partial charge in [0.2, 0.25) is 0 Å². The van der Waals surface area contributed by atoms with Gasteiger partial charge in [0.15, 0.2) is 0 Å². The molecule has 0 amide bonds. The van der Waals surface area contributed by atoms with Crippen LogP contribution >= 0.6 is 0 Å². The van der Waals surface area contributed by atoms with E-state index in [0.717, 1.165) is 24.3 Å². The van der Waals surface area contributed by atoms with Gasteiger partial charge in [0, 0.05) is 24.4 Å². The fraction of sp³-hybridized carbons (Fsp3) is 0.312. The number of pyridine rings is 1. The molecule has 0 saturated heterocycles. The van der Waals surface area contributed by atoms with Gasteiger partial charge in [-0.05, 0) is 42.2 Å². The Bertz CT molecular complexity index is 582. The van der Waals surface area contributed by atoms with E-state index in [4.69, 9.17) is 10.5 Å². The largest absolute Gasteiger partial charge is 0.493 e. The summed E-state index contributed by atoms with van der Waals surface area (Å²) >= 11 is 0. The highest BCUT2D eigenvalue weighted by atomic mass is 16.5. The van der Waals surface area contributed by atoms with Crippen molar-refractivity contribution in [2.24, 2.45) is 5.73 Å². The third kappa shape index (κ3) is 2.22. The number of benzene rings is 1. The van der Waals surface area contributed by atoms with E-state index in [0.29, 0.717) is 5.92 Å². The standard InChI is InChI=1S/C16H18N2O/c1-11-6-8-18-10-14(11)16(17)13-7-9-19-15-5-3-2-4-12(13)15/h2-6,8,10,13,16H,7,9,17H2,1H3. The molecule has 2 aromatic rings. The minimum Gasteiger partial charge on any atom is -0.493 e. The lowest BCUT2D eigenvalue weighted by atomic mass is 9.83.